The lowest BCUT2D eigenvalue weighted by atomic mass is 9.83. The summed E-state index contributed by atoms with van der Waals surface area (Å²) >= 11 is 0. The van der Waals surface area contributed by atoms with E-state index in [0.717, 1.165) is 22.7 Å². The Morgan fingerprint density at radius 1 is 1.42 bits per heavy atom. The molecular formula is C15H24N2O2. The second kappa shape index (κ2) is 6.24. The Labute approximate surface area is 115 Å². The van der Waals surface area contributed by atoms with Gasteiger partial charge in [-0.2, -0.15) is 5.10 Å². The van der Waals surface area contributed by atoms with E-state index in [2.05, 4.69) is 11.2 Å². The molecule has 106 valence electrons. The van der Waals surface area contributed by atoms with Gasteiger partial charge in [0.1, 0.15) is 0 Å². The Hall–Kier alpha value is -1.29. The molecule has 0 unspecified atom stereocenters. The number of aromatic nitrogens is 2. The van der Waals surface area contributed by atoms with Crippen LogP contribution >= 0.6 is 0 Å². The molecule has 0 bridgehead atoms. The van der Waals surface area contributed by atoms with Gasteiger partial charge in [0.15, 0.2) is 0 Å². The molecule has 1 aliphatic carbocycles. The monoisotopic (exact) mass is 264 g/mol. The Morgan fingerprint density at radius 2 is 2.11 bits per heavy atom. The summed E-state index contributed by atoms with van der Waals surface area (Å²) in [6.07, 6.45) is 8.32. The van der Waals surface area contributed by atoms with Crippen molar-refractivity contribution in [3.05, 3.63) is 16.8 Å². The Bertz CT molecular complexity index is 457. The number of hydrogen-bond acceptors (Lipinski definition) is 3. The average molecular weight is 264 g/mol. The normalized spacial score (nSPS) is 17.8. The largest absolute Gasteiger partial charge is 0.481 e. The lowest BCUT2D eigenvalue weighted by Crippen LogP contribution is -2.11. The van der Waals surface area contributed by atoms with Crippen LogP contribution in [0.25, 0.3) is 6.08 Å². The van der Waals surface area contributed by atoms with Crippen LogP contribution in [0.3, 0.4) is 0 Å². The Balaban J connectivity index is 2.31. The van der Waals surface area contributed by atoms with Crippen LogP contribution < -0.4 is 4.74 Å². The van der Waals surface area contributed by atoms with Gasteiger partial charge in [-0.15, -0.1) is 0 Å². The SMILES string of the molecule is COc1c(/C=C(/CO)C2CCCCC2)c(C)nn1C. The number of nitrogens with zero attached hydrogens (tertiary/aromatic N) is 2. The van der Waals surface area contributed by atoms with Crippen LogP contribution in [0, 0.1) is 12.8 Å². The third-order valence-corrected chi connectivity index (χ3v) is 4.05. The zero-order valence-corrected chi connectivity index (χ0v) is 12.1. The minimum Gasteiger partial charge on any atom is -0.481 e. The summed E-state index contributed by atoms with van der Waals surface area (Å²) < 4.78 is 7.15. The summed E-state index contributed by atoms with van der Waals surface area (Å²) in [6, 6.07) is 0. The van der Waals surface area contributed by atoms with Gasteiger partial charge in [-0.25, -0.2) is 4.68 Å². The number of aliphatic hydroxyl groups is 1. The van der Waals surface area contributed by atoms with E-state index in [9.17, 15) is 5.11 Å². The first-order valence-corrected chi connectivity index (χ1v) is 7.06. The lowest BCUT2D eigenvalue weighted by molar-refractivity contribution is 0.295. The van der Waals surface area contributed by atoms with Crippen LogP contribution in [0.5, 0.6) is 5.88 Å². The van der Waals surface area contributed by atoms with Crippen molar-refractivity contribution in [1.29, 1.82) is 0 Å². The molecule has 19 heavy (non-hydrogen) atoms. The van der Waals surface area contributed by atoms with E-state index in [-0.39, 0.29) is 6.61 Å². The molecule has 1 saturated carbocycles. The first-order chi connectivity index (χ1) is 9.17. The fraction of sp³-hybridized carbons (Fsp3) is 0.667. The van der Waals surface area contributed by atoms with Gasteiger partial charge >= 0.3 is 0 Å². The van der Waals surface area contributed by atoms with E-state index in [1.54, 1.807) is 11.8 Å². The van der Waals surface area contributed by atoms with Crippen molar-refractivity contribution in [1.82, 2.24) is 9.78 Å². The molecule has 0 radical (unpaired) electrons. The molecule has 0 aromatic carbocycles. The van der Waals surface area contributed by atoms with E-state index in [0.29, 0.717) is 5.92 Å². The lowest BCUT2D eigenvalue weighted by Gasteiger charge is -2.23. The van der Waals surface area contributed by atoms with Gasteiger partial charge < -0.3 is 9.84 Å². The van der Waals surface area contributed by atoms with E-state index in [1.165, 1.54) is 32.1 Å². The van der Waals surface area contributed by atoms with Gasteiger partial charge in [0.25, 0.3) is 0 Å². The van der Waals surface area contributed by atoms with E-state index in [4.69, 9.17) is 4.74 Å². The number of aliphatic hydroxyl groups excluding tert-OH is 1. The number of hydrogen-bond donors (Lipinski definition) is 1. The minimum absolute atomic E-state index is 0.127. The van der Waals surface area contributed by atoms with Crippen LogP contribution in [0.2, 0.25) is 0 Å². The maximum atomic E-state index is 9.66. The summed E-state index contributed by atoms with van der Waals surface area (Å²) in [5.41, 5.74) is 3.06. The zero-order valence-electron chi connectivity index (χ0n) is 12.1. The third-order valence-electron chi connectivity index (χ3n) is 4.05. The van der Waals surface area contributed by atoms with E-state index < -0.39 is 0 Å². The van der Waals surface area contributed by atoms with Gasteiger partial charge in [-0.1, -0.05) is 19.3 Å². The van der Waals surface area contributed by atoms with Crippen LogP contribution in [0.15, 0.2) is 5.57 Å². The minimum atomic E-state index is 0.127. The average Bonchev–Trinajstić information content (AvgIpc) is 2.70. The van der Waals surface area contributed by atoms with Crippen molar-refractivity contribution in [3.63, 3.8) is 0 Å². The van der Waals surface area contributed by atoms with Gasteiger partial charge in [-0.05, 0) is 37.3 Å². The van der Waals surface area contributed by atoms with Crippen LogP contribution in [0.4, 0.5) is 0 Å². The molecule has 2 rings (SSSR count). The van der Waals surface area contributed by atoms with Crippen LogP contribution in [-0.2, 0) is 7.05 Å². The number of rotatable bonds is 4. The smallest absolute Gasteiger partial charge is 0.218 e. The predicted molar refractivity (Wildman–Crippen MR) is 76.1 cm³/mol. The molecule has 0 atom stereocenters. The first kappa shape index (κ1) is 14.1. The molecule has 4 nitrogen and oxygen atoms in total. The number of aryl methyl sites for hydroxylation is 2. The number of ether oxygens (including phenoxy) is 1. The topological polar surface area (TPSA) is 47.3 Å². The molecule has 1 aromatic heterocycles. The maximum absolute atomic E-state index is 9.66. The summed E-state index contributed by atoms with van der Waals surface area (Å²) in [5, 5.41) is 14.0. The highest BCUT2D eigenvalue weighted by Gasteiger charge is 2.19. The van der Waals surface area contributed by atoms with Crippen molar-refractivity contribution in [3.8, 4) is 5.88 Å². The fourth-order valence-electron chi connectivity index (χ4n) is 3.01. The Morgan fingerprint density at radius 3 is 2.68 bits per heavy atom. The highest BCUT2D eigenvalue weighted by atomic mass is 16.5. The van der Waals surface area contributed by atoms with Crippen molar-refractivity contribution < 1.29 is 9.84 Å². The quantitative estimate of drug-likeness (QED) is 0.909. The van der Waals surface area contributed by atoms with Gasteiger partial charge in [0.05, 0.1) is 25.0 Å². The third kappa shape index (κ3) is 3.00. The molecule has 1 N–H and O–H groups in total. The summed E-state index contributed by atoms with van der Waals surface area (Å²) in [4.78, 5) is 0. The van der Waals surface area contributed by atoms with Gasteiger partial charge in [-0.3, -0.25) is 0 Å². The number of methoxy groups -OCH3 is 1. The molecule has 1 aromatic rings. The first-order valence-electron chi connectivity index (χ1n) is 7.06. The van der Waals surface area contributed by atoms with Crippen molar-refractivity contribution in [2.75, 3.05) is 13.7 Å². The highest BCUT2D eigenvalue weighted by Crippen LogP contribution is 2.32. The summed E-state index contributed by atoms with van der Waals surface area (Å²) in [5.74, 6) is 1.28. The molecule has 0 amide bonds. The predicted octanol–water partition coefficient (Wildman–Crippen LogP) is 2.69. The molecule has 1 heterocycles. The zero-order chi connectivity index (χ0) is 13.8. The van der Waals surface area contributed by atoms with Crippen molar-refractivity contribution in [2.24, 2.45) is 13.0 Å². The maximum Gasteiger partial charge on any atom is 0.218 e. The summed E-state index contributed by atoms with van der Waals surface area (Å²) in [7, 11) is 3.54. The van der Waals surface area contributed by atoms with Crippen molar-refractivity contribution in [2.45, 2.75) is 39.0 Å². The van der Waals surface area contributed by atoms with Gasteiger partial charge in [0.2, 0.25) is 5.88 Å². The highest BCUT2D eigenvalue weighted by molar-refractivity contribution is 5.61. The molecule has 1 aliphatic rings. The second-order valence-electron chi connectivity index (χ2n) is 5.34. The molecule has 0 spiro atoms. The molecule has 4 heteroatoms. The molecule has 1 fully saturated rings. The van der Waals surface area contributed by atoms with E-state index in [1.807, 2.05) is 14.0 Å². The Kier molecular flexibility index (Phi) is 4.64. The van der Waals surface area contributed by atoms with Crippen LogP contribution in [0.1, 0.15) is 43.4 Å². The second-order valence-corrected chi connectivity index (χ2v) is 5.34. The molecule has 0 saturated heterocycles. The van der Waals surface area contributed by atoms with Crippen molar-refractivity contribution >= 4 is 6.08 Å². The van der Waals surface area contributed by atoms with E-state index >= 15 is 0 Å². The van der Waals surface area contributed by atoms with Crippen LogP contribution in [-0.4, -0.2) is 28.6 Å². The standard InChI is InChI=1S/C15H24N2O2/c1-11-14(15(19-3)17(2)16-11)9-13(10-18)12-7-5-4-6-8-12/h9,12,18H,4-8,10H2,1-3H3/b13-9-. The molecule has 0 aliphatic heterocycles. The fourth-order valence-corrected chi connectivity index (χ4v) is 3.01. The summed E-state index contributed by atoms with van der Waals surface area (Å²) in [6.45, 7) is 2.10. The molecular weight excluding hydrogens is 240 g/mol. The van der Waals surface area contributed by atoms with Gasteiger partial charge in [0, 0.05) is 7.05 Å².